The molecule has 3 rings (SSSR count). The quantitative estimate of drug-likeness (QED) is 0.588. The van der Waals surface area contributed by atoms with Gasteiger partial charge in [0, 0.05) is 25.7 Å². The highest BCUT2D eigenvalue weighted by atomic mass is 32.2. The molecule has 0 bridgehead atoms. The standard InChI is InChI=1S/C22H30N2O7S/c1-16-7-5-6-12-24(16)20(25)15-31-21(26)17-10-13-23(14-11-17)32(28,29)19-9-4-3-8-18(19)22(27)30-2/h3-4,8-9,16-17H,5-7,10-15H2,1-2H3. The number of benzene rings is 1. The highest BCUT2D eigenvalue weighted by Crippen LogP contribution is 2.27. The van der Waals surface area contributed by atoms with Crippen molar-refractivity contribution in [3.05, 3.63) is 29.8 Å². The molecule has 2 aliphatic heterocycles. The van der Waals surface area contributed by atoms with Crippen LogP contribution in [0.15, 0.2) is 29.2 Å². The number of hydrogen-bond acceptors (Lipinski definition) is 7. The van der Waals surface area contributed by atoms with Gasteiger partial charge in [-0.1, -0.05) is 12.1 Å². The fraction of sp³-hybridized carbons (Fsp3) is 0.591. The van der Waals surface area contributed by atoms with Gasteiger partial charge in [-0.2, -0.15) is 4.31 Å². The number of piperidine rings is 2. The average Bonchev–Trinajstić information content (AvgIpc) is 2.82. The van der Waals surface area contributed by atoms with Crippen molar-refractivity contribution in [2.45, 2.75) is 50.0 Å². The molecular formula is C22H30N2O7S. The molecule has 2 fully saturated rings. The zero-order valence-corrected chi connectivity index (χ0v) is 19.3. The fourth-order valence-corrected chi connectivity index (χ4v) is 5.89. The summed E-state index contributed by atoms with van der Waals surface area (Å²) in [4.78, 5) is 38.4. The first-order chi connectivity index (χ1) is 15.3. The Balaban J connectivity index is 1.56. The van der Waals surface area contributed by atoms with Gasteiger partial charge in [0.25, 0.3) is 5.91 Å². The lowest BCUT2D eigenvalue weighted by Gasteiger charge is -2.33. The number of amides is 1. The minimum absolute atomic E-state index is 0.0259. The van der Waals surface area contributed by atoms with Crippen LogP contribution in [0.3, 0.4) is 0 Å². The second-order valence-corrected chi connectivity index (χ2v) is 10.1. The Morgan fingerprint density at radius 3 is 2.38 bits per heavy atom. The van der Waals surface area contributed by atoms with Crippen molar-refractivity contribution in [3.63, 3.8) is 0 Å². The molecule has 2 heterocycles. The number of ether oxygens (including phenoxy) is 2. The summed E-state index contributed by atoms with van der Waals surface area (Å²) in [5.74, 6) is -1.86. The summed E-state index contributed by atoms with van der Waals surface area (Å²) in [5.41, 5.74) is -0.0259. The number of carbonyl (C=O) groups excluding carboxylic acids is 3. The zero-order valence-electron chi connectivity index (χ0n) is 18.5. The third-order valence-electron chi connectivity index (χ3n) is 6.16. The molecule has 0 aromatic heterocycles. The number of rotatable bonds is 6. The Bertz CT molecular complexity index is 955. The van der Waals surface area contributed by atoms with E-state index in [0.717, 1.165) is 19.3 Å². The summed E-state index contributed by atoms with van der Waals surface area (Å²) in [6.45, 7) is 2.63. The summed E-state index contributed by atoms with van der Waals surface area (Å²) in [7, 11) is -2.73. The second-order valence-electron chi connectivity index (χ2n) is 8.21. The third-order valence-corrected chi connectivity index (χ3v) is 8.12. The number of likely N-dealkylation sites (tertiary alicyclic amines) is 1. The molecule has 0 saturated carbocycles. The lowest BCUT2D eigenvalue weighted by Crippen LogP contribution is -2.45. The molecule has 2 aliphatic rings. The van der Waals surface area contributed by atoms with E-state index in [1.165, 1.54) is 23.5 Å². The topological polar surface area (TPSA) is 110 Å². The molecule has 1 aromatic rings. The Kier molecular flexibility index (Phi) is 7.89. The highest BCUT2D eigenvalue weighted by Gasteiger charge is 2.35. The highest BCUT2D eigenvalue weighted by molar-refractivity contribution is 7.89. The predicted molar refractivity (Wildman–Crippen MR) is 115 cm³/mol. The smallest absolute Gasteiger partial charge is 0.339 e. The molecule has 1 atom stereocenters. The van der Waals surface area contributed by atoms with Crippen LogP contribution in [0, 0.1) is 5.92 Å². The van der Waals surface area contributed by atoms with E-state index in [2.05, 4.69) is 0 Å². The maximum atomic E-state index is 13.1. The minimum Gasteiger partial charge on any atom is -0.465 e. The van der Waals surface area contributed by atoms with Crippen LogP contribution in [0.5, 0.6) is 0 Å². The van der Waals surface area contributed by atoms with Gasteiger partial charge in [0.1, 0.15) is 0 Å². The Hall–Kier alpha value is -2.46. The lowest BCUT2D eigenvalue weighted by atomic mass is 9.98. The van der Waals surface area contributed by atoms with Gasteiger partial charge in [-0.25, -0.2) is 13.2 Å². The first-order valence-electron chi connectivity index (χ1n) is 10.9. The van der Waals surface area contributed by atoms with Crippen LogP contribution in [0.2, 0.25) is 0 Å². The van der Waals surface area contributed by atoms with Crippen molar-refractivity contribution in [2.24, 2.45) is 5.92 Å². The van der Waals surface area contributed by atoms with E-state index in [1.54, 1.807) is 17.0 Å². The number of hydrogen-bond donors (Lipinski definition) is 0. The van der Waals surface area contributed by atoms with Gasteiger partial charge >= 0.3 is 11.9 Å². The van der Waals surface area contributed by atoms with Crippen molar-refractivity contribution in [1.82, 2.24) is 9.21 Å². The number of esters is 2. The summed E-state index contributed by atoms with van der Waals surface area (Å²) < 4.78 is 37.4. The third kappa shape index (κ3) is 5.29. The SMILES string of the molecule is COC(=O)c1ccccc1S(=O)(=O)N1CCC(C(=O)OCC(=O)N2CCCCC2C)CC1. The van der Waals surface area contributed by atoms with Crippen LogP contribution in [-0.2, 0) is 29.1 Å². The number of carbonyl (C=O) groups is 3. The molecule has 0 spiro atoms. The average molecular weight is 467 g/mol. The Labute approximate surface area is 188 Å². The molecule has 0 aliphatic carbocycles. The first-order valence-corrected chi connectivity index (χ1v) is 12.3. The van der Waals surface area contributed by atoms with E-state index < -0.39 is 27.9 Å². The van der Waals surface area contributed by atoms with E-state index in [9.17, 15) is 22.8 Å². The van der Waals surface area contributed by atoms with E-state index in [1.807, 2.05) is 6.92 Å². The van der Waals surface area contributed by atoms with Gasteiger partial charge in [0.2, 0.25) is 10.0 Å². The van der Waals surface area contributed by atoms with E-state index >= 15 is 0 Å². The van der Waals surface area contributed by atoms with Crippen molar-refractivity contribution in [2.75, 3.05) is 33.4 Å². The molecule has 0 radical (unpaired) electrons. The maximum Gasteiger partial charge on any atom is 0.339 e. The number of nitrogens with zero attached hydrogens (tertiary/aromatic N) is 2. The summed E-state index contributed by atoms with van der Waals surface area (Å²) >= 11 is 0. The summed E-state index contributed by atoms with van der Waals surface area (Å²) in [6, 6.07) is 6.04. The molecule has 2 saturated heterocycles. The van der Waals surface area contributed by atoms with Gasteiger partial charge < -0.3 is 14.4 Å². The summed E-state index contributed by atoms with van der Waals surface area (Å²) in [5, 5.41) is 0. The number of methoxy groups -OCH3 is 1. The van der Waals surface area contributed by atoms with Crippen molar-refractivity contribution in [3.8, 4) is 0 Å². The van der Waals surface area contributed by atoms with E-state index in [0.29, 0.717) is 6.54 Å². The normalized spacial score (nSPS) is 20.6. The molecule has 176 valence electrons. The van der Waals surface area contributed by atoms with Gasteiger partial charge in [0.05, 0.1) is 23.5 Å². The van der Waals surface area contributed by atoms with Crippen molar-refractivity contribution in [1.29, 1.82) is 0 Å². The molecular weight excluding hydrogens is 436 g/mol. The molecule has 32 heavy (non-hydrogen) atoms. The molecule has 1 aromatic carbocycles. The summed E-state index contributed by atoms with van der Waals surface area (Å²) in [6.07, 6.45) is 3.57. The fourth-order valence-electron chi connectivity index (χ4n) is 4.24. The van der Waals surface area contributed by atoms with E-state index in [4.69, 9.17) is 9.47 Å². The minimum atomic E-state index is -3.92. The predicted octanol–water partition coefficient (Wildman–Crippen LogP) is 1.82. The van der Waals surface area contributed by atoms with Crippen LogP contribution < -0.4 is 0 Å². The van der Waals surface area contributed by atoms with Crippen LogP contribution in [-0.4, -0.2) is 74.9 Å². The van der Waals surface area contributed by atoms with Crippen LogP contribution in [0.1, 0.15) is 49.4 Å². The van der Waals surface area contributed by atoms with Crippen LogP contribution >= 0.6 is 0 Å². The molecule has 0 N–H and O–H groups in total. The van der Waals surface area contributed by atoms with Gasteiger partial charge in [0.15, 0.2) is 6.61 Å². The monoisotopic (exact) mass is 466 g/mol. The Morgan fingerprint density at radius 1 is 1.03 bits per heavy atom. The van der Waals surface area contributed by atoms with Gasteiger partial charge in [-0.3, -0.25) is 9.59 Å². The van der Waals surface area contributed by atoms with Gasteiger partial charge in [-0.05, 0) is 51.2 Å². The first kappa shape index (κ1) is 24.2. The van der Waals surface area contributed by atoms with Crippen molar-refractivity contribution < 1.29 is 32.3 Å². The van der Waals surface area contributed by atoms with E-state index in [-0.39, 0.29) is 54.9 Å². The molecule has 9 nitrogen and oxygen atoms in total. The lowest BCUT2D eigenvalue weighted by molar-refractivity contribution is -0.157. The molecule has 1 unspecified atom stereocenters. The Morgan fingerprint density at radius 2 is 1.72 bits per heavy atom. The van der Waals surface area contributed by atoms with Crippen LogP contribution in [0.4, 0.5) is 0 Å². The molecule has 1 amide bonds. The van der Waals surface area contributed by atoms with Gasteiger partial charge in [-0.15, -0.1) is 0 Å². The largest absolute Gasteiger partial charge is 0.465 e. The zero-order chi connectivity index (χ0) is 23.3. The second kappa shape index (κ2) is 10.4. The van der Waals surface area contributed by atoms with Crippen molar-refractivity contribution >= 4 is 27.9 Å². The maximum absolute atomic E-state index is 13.1. The molecule has 10 heteroatoms. The van der Waals surface area contributed by atoms with Crippen LogP contribution in [0.25, 0.3) is 0 Å². The number of sulfonamides is 1.